The molecule has 0 radical (unpaired) electrons. The molecule has 1 amide bonds. The molecule has 0 spiro atoms. The van der Waals surface area contributed by atoms with E-state index in [9.17, 15) is 19.4 Å². The number of likely N-dealkylation sites (N-methyl/N-ethyl adjacent to an activating group) is 1. The van der Waals surface area contributed by atoms with E-state index in [0.29, 0.717) is 17.4 Å². The lowest BCUT2D eigenvalue weighted by Crippen LogP contribution is -2.45. The molecule has 0 heterocycles. The molecule has 9 heteroatoms. The molecule has 61 heavy (non-hydrogen) atoms. The van der Waals surface area contributed by atoms with Crippen molar-refractivity contribution in [1.82, 2.24) is 5.32 Å². The Morgan fingerprint density at radius 2 is 0.967 bits per heavy atom. The minimum atomic E-state index is -4.60. The number of allylic oxidation sites excluding steroid dienone is 7. The summed E-state index contributed by atoms with van der Waals surface area (Å²) in [5.41, 5.74) is 0. The van der Waals surface area contributed by atoms with Gasteiger partial charge in [0.2, 0.25) is 5.91 Å². The molecule has 8 nitrogen and oxygen atoms in total. The molecule has 358 valence electrons. The first-order valence-electron chi connectivity index (χ1n) is 25.5. The molecule has 0 saturated heterocycles. The summed E-state index contributed by atoms with van der Waals surface area (Å²) in [7, 11) is 1.23. The van der Waals surface area contributed by atoms with Crippen LogP contribution in [-0.4, -0.2) is 68.5 Å². The second-order valence-electron chi connectivity index (χ2n) is 18.5. The first-order valence-corrected chi connectivity index (χ1v) is 27.0. The van der Waals surface area contributed by atoms with Gasteiger partial charge < -0.3 is 28.8 Å². The quantitative estimate of drug-likeness (QED) is 0.0273. The van der Waals surface area contributed by atoms with Gasteiger partial charge in [-0.25, -0.2) is 0 Å². The van der Waals surface area contributed by atoms with E-state index in [4.69, 9.17) is 9.05 Å². The summed E-state index contributed by atoms with van der Waals surface area (Å²) in [4.78, 5) is 25.4. The average Bonchev–Trinajstić information content (AvgIpc) is 3.21. The highest BCUT2D eigenvalue weighted by atomic mass is 31.2. The molecule has 0 aromatic carbocycles. The fraction of sp³-hybridized carbons (Fsp3) is 0.827. The second-order valence-corrected chi connectivity index (χ2v) is 19.9. The normalized spacial score (nSPS) is 14.5. The minimum absolute atomic E-state index is 0.0102. The van der Waals surface area contributed by atoms with Crippen molar-refractivity contribution < 1.29 is 32.9 Å². The lowest BCUT2D eigenvalue weighted by Gasteiger charge is -2.29. The molecule has 0 aromatic heterocycles. The Morgan fingerprint density at radius 1 is 0.574 bits per heavy atom. The van der Waals surface area contributed by atoms with E-state index < -0.39 is 26.6 Å². The molecule has 0 aliphatic heterocycles. The van der Waals surface area contributed by atoms with Crippen molar-refractivity contribution in [2.24, 2.45) is 0 Å². The van der Waals surface area contributed by atoms with Crippen LogP contribution >= 0.6 is 7.82 Å². The van der Waals surface area contributed by atoms with Gasteiger partial charge in [0.1, 0.15) is 13.2 Å². The van der Waals surface area contributed by atoms with Crippen molar-refractivity contribution in [2.75, 3.05) is 40.9 Å². The smallest absolute Gasteiger partial charge is 0.268 e. The molecule has 0 aliphatic carbocycles. The zero-order chi connectivity index (χ0) is 45.0. The number of hydrogen-bond acceptors (Lipinski definition) is 6. The Kier molecular flexibility index (Phi) is 42.6. The number of carbonyl (C=O) groups excluding carboxylic acids is 1. The van der Waals surface area contributed by atoms with Crippen LogP contribution in [0.25, 0.3) is 0 Å². The molecule has 3 unspecified atom stereocenters. The molecule has 0 aromatic rings. The summed E-state index contributed by atoms with van der Waals surface area (Å²) in [5, 5.41) is 13.8. The Bertz CT molecular complexity index is 1130. The zero-order valence-corrected chi connectivity index (χ0v) is 41.5. The number of rotatable bonds is 46. The molecular formula is C52H99N2O6P. The molecule has 0 rings (SSSR count). The van der Waals surface area contributed by atoms with Crippen LogP contribution in [0.15, 0.2) is 48.6 Å². The number of unbranched alkanes of at least 4 members (excludes halogenated alkanes) is 27. The molecule has 0 fully saturated rings. The van der Waals surface area contributed by atoms with Crippen LogP contribution in [0, 0.1) is 0 Å². The van der Waals surface area contributed by atoms with Gasteiger partial charge in [-0.1, -0.05) is 204 Å². The van der Waals surface area contributed by atoms with Gasteiger partial charge in [-0.3, -0.25) is 9.36 Å². The summed E-state index contributed by atoms with van der Waals surface area (Å²) in [6, 6.07) is -0.911. The van der Waals surface area contributed by atoms with Crippen LogP contribution in [0.3, 0.4) is 0 Å². The SMILES string of the molecule is CCCCCC/C=C\C/C=C\CCCCCCCC(=O)NC(COP(=O)([O-])OCC[N+](C)(C)C)C(O)/C=C/CC/C=C/CCCCCCCCCCCCCCCCCCC. The van der Waals surface area contributed by atoms with Crippen molar-refractivity contribution in [3.05, 3.63) is 48.6 Å². The van der Waals surface area contributed by atoms with Gasteiger partial charge >= 0.3 is 0 Å². The molecule has 0 aliphatic rings. The third-order valence-electron chi connectivity index (χ3n) is 11.3. The third kappa shape index (κ3) is 46.3. The Morgan fingerprint density at radius 3 is 1.44 bits per heavy atom. The maximum atomic E-state index is 12.9. The maximum absolute atomic E-state index is 12.9. The number of hydrogen-bond donors (Lipinski definition) is 2. The Balaban J connectivity index is 4.37. The van der Waals surface area contributed by atoms with Gasteiger partial charge in [0.05, 0.1) is 39.9 Å². The Labute approximate surface area is 378 Å². The highest BCUT2D eigenvalue weighted by Crippen LogP contribution is 2.38. The maximum Gasteiger partial charge on any atom is 0.268 e. The third-order valence-corrected chi connectivity index (χ3v) is 12.2. The standard InChI is InChI=1S/C52H99N2O6P/c1-6-8-10-12-14-16-18-20-22-24-25-26-27-28-29-30-31-33-35-37-39-41-43-45-51(55)50(49-60-61(57,58)59-48-47-54(3,4)5)53-52(56)46-44-42-40-38-36-34-32-23-21-19-17-15-13-11-9-7-2/h17,19,23,32,35,37,43,45,50-51,55H,6-16,18,20-22,24-31,33-34,36,38-42,44,46-49H2,1-5H3,(H-,53,56,57,58)/b19-17-,32-23-,37-35+,45-43+. The summed E-state index contributed by atoms with van der Waals surface area (Å²) in [6.07, 6.45) is 56.0. The summed E-state index contributed by atoms with van der Waals surface area (Å²) >= 11 is 0. The van der Waals surface area contributed by atoms with Gasteiger partial charge in [0, 0.05) is 6.42 Å². The fourth-order valence-corrected chi connectivity index (χ4v) is 7.92. The fourth-order valence-electron chi connectivity index (χ4n) is 7.20. The first kappa shape index (κ1) is 59.5. The number of aliphatic hydroxyl groups is 1. The largest absolute Gasteiger partial charge is 0.756 e. The lowest BCUT2D eigenvalue weighted by molar-refractivity contribution is -0.870. The monoisotopic (exact) mass is 879 g/mol. The second kappa shape index (κ2) is 43.7. The van der Waals surface area contributed by atoms with Crippen LogP contribution in [0.4, 0.5) is 0 Å². The number of nitrogens with zero attached hydrogens (tertiary/aromatic N) is 1. The van der Waals surface area contributed by atoms with E-state index in [2.05, 4.69) is 55.6 Å². The number of quaternary nitrogens is 1. The van der Waals surface area contributed by atoms with Gasteiger partial charge in [-0.2, -0.15) is 0 Å². The van der Waals surface area contributed by atoms with E-state index in [1.54, 1.807) is 6.08 Å². The number of aliphatic hydroxyl groups excluding tert-OH is 1. The summed E-state index contributed by atoms with van der Waals surface area (Å²) in [6.45, 7) is 4.61. The molecular weight excluding hydrogens is 780 g/mol. The first-order chi connectivity index (χ1) is 29.5. The molecule has 3 atom stereocenters. The molecule has 2 N–H and O–H groups in total. The van der Waals surface area contributed by atoms with Crippen molar-refractivity contribution >= 4 is 13.7 Å². The van der Waals surface area contributed by atoms with Gasteiger partial charge in [0.15, 0.2) is 0 Å². The van der Waals surface area contributed by atoms with Crippen molar-refractivity contribution in [3.63, 3.8) is 0 Å². The highest BCUT2D eigenvalue weighted by Gasteiger charge is 2.23. The van der Waals surface area contributed by atoms with E-state index in [0.717, 1.165) is 64.2 Å². The van der Waals surface area contributed by atoms with Crippen LogP contribution in [0.5, 0.6) is 0 Å². The summed E-state index contributed by atoms with van der Waals surface area (Å²) in [5.74, 6) is -0.221. The summed E-state index contributed by atoms with van der Waals surface area (Å²) < 4.78 is 23.2. The van der Waals surface area contributed by atoms with E-state index in [1.165, 1.54) is 141 Å². The van der Waals surface area contributed by atoms with Crippen LogP contribution < -0.4 is 10.2 Å². The van der Waals surface area contributed by atoms with Crippen LogP contribution in [-0.2, 0) is 18.4 Å². The van der Waals surface area contributed by atoms with E-state index >= 15 is 0 Å². The van der Waals surface area contributed by atoms with Crippen molar-refractivity contribution in [3.8, 4) is 0 Å². The highest BCUT2D eigenvalue weighted by molar-refractivity contribution is 7.45. The number of amides is 1. The van der Waals surface area contributed by atoms with Gasteiger partial charge in [-0.15, -0.1) is 0 Å². The van der Waals surface area contributed by atoms with Crippen molar-refractivity contribution in [1.29, 1.82) is 0 Å². The molecule has 0 bridgehead atoms. The zero-order valence-electron chi connectivity index (χ0n) is 40.6. The molecule has 0 saturated carbocycles. The number of phosphoric acid groups is 1. The number of carbonyl (C=O) groups is 1. The predicted octanol–water partition coefficient (Wildman–Crippen LogP) is 14.2. The Hall–Kier alpha value is -1.54. The van der Waals surface area contributed by atoms with E-state index in [1.807, 2.05) is 27.2 Å². The minimum Gasteiger partial charge on any atom is -0.756 e. The topological polar surface area (TPSA) is 108 Å². The van der Waals surface area contributed by atoms with Crippen LogP contribution in [0.1, 0.15) is 226 Å². The van der Waals surface area contributed by atoms with Crippen LogP contribution in [0.2, 0.25) is 0 Å². The number of phosphoric ester groups is 1. The average molecular weight is 879 g/mol. The van der Waals surface area contributed by atoms with Gasteiger partial charge in [0.25, 0.3) is 7.82 Å². The van der Waals surface area contributed by atoms with E-state index in [-0.39, 0.29) is 12.5 Å². The number of nitrogens with one attached hydrogen (secondary N) is 1. The predicted molar refractivity (Wildman–Crippen MR) is 261 cm³/mol. The van der Waals surface area contributed by atoms with Gasteiger partial charge in [-0.05, 0) is 64.2 Å². The lowest BCUT2D eigenvalue weighted by atomic mass is 10.0. The van der Waals surface area contributed by atoms with Crippen molar-refractivity contribution in [2.45, 2.75) is 238 Å².